The van der Waals surface area contributed by atoms with Crippen molar-refractivity contribution in [3.05, 3.63) is 35.9 Å². The lowest BCUT2D eigenvalue weighted by atomic mass is 10.2. The maximum atomic E-state index is 12.4. The zero-order valence-corrected chi connectivity index (χ0v) is 17.6. The van der Waals surface area contributed by atoms with Crippen LogP contribution in [0, 0.1) is 0 Å². The fraction of sp³-hybridized carbons (Fsp3) is 0.571. The van der Waals surface area contributed by atoms with Crippen molar-refractivity contribution in [2.45, 2.75) is 57.9 Å². The number of carbonyl (C=O) groups is 3. The molecule has 9 nitrogen and oxygen atoms in total. The van der Waals surface area contributed by atoms with Crippen LogP contribution in [0.1, 0.15) is 39.2 Å². The van der Waals surface area contributed by atoms with Crippen LogP contribution in [0.25, 0.3) is 0 Å². The van der Waals surface area contributed by atoms with Gasteiger partial charge in [-0.3, -0.25) is 0 Å². The Bertz CT molecular complexity index is 718. The van der Waals surface area contributed by atoms with Gasteiger partial charge in [-0.1, -0.05) is 30.3 Å². The van der Waals surface area contributed by atoms with Crippen LogP contribution in [-0.2, 0) is 25.6 Å². The Hall–Kier alpha value is -2.81. The molecule has 1 saturated heterocycles. The summed E-state index contributed by atoms with van der Waals surface area (Å²) in [6.45, 7) is 5.71. The molecule has 0 unspecified atom stereocenters. The molecular weight excluding hydrogens is 392 g/mol. The molecule has 2 amide bonds. The molecule has 2 atom stereocenters. The standard InChI is InChI=1S/C21H30N2O7/c1-21(2,3)30-19(26)22-17(18(24)25)14-28-13-16-10-7-11-23(16)20(27)29-12-15-8-5-4-6-9-15/h4-6,8-9,16-17H,7,10-14H2,1-3H3,(H,22,26)(H,24,25)/t16-,17+/m0/s1. The number of carboxylic acids is 1. The SMILES string of the molecule is CC(C)(C)OC(=O)N[C@H](COC[C@@H]1CCCN1C(=O)OCc1ccccc1)C(=O)O. The molecule has 0 radical (unpaired) electrons. The van der Waals surface area contributed by atoms with E-state index in [0.717, 1.165) is 18.4 Å². The molecule has 2 N–H and O–H groups in total. The summed E-state index contributed by atoms with van der Waals surface area (Å²) in [5.41, 5.74) is 0.161. The van der Waals surface area contributed by atoms with Crippen molar-refractivity contribution < 1.29 is 33.7 Å². The number of amides is 2. The van der Waals surface area contributed by atoms with Crippen LogP contribution in [0.3, 0.4) is 0 Å². The van der Waals surface area contributed by atoms with Crippen molar-refractivity contribution in [3.8, 4) is 0 Å². The number of nitrogens with one attached hydrogen (secondary N) is 1. The molecule has 0 bridgehead atoms. The molecule has 0 spiro atoms. The molecule has 9 heteroatoms. The van der Waals surface area contributed by atoms with Gasteiger partial charge in [-0.2, -0.15) is 0 Å². The van der Waals surface area contributed by atoms with Gasteiger partial charge in [0.05, 0.1) is 19.3 Å². The Morgan fingerprint density at radius 3 is 2.57 bits per heavy atom. The van der Waals surface area contributed by atoms with E-state index in [1.807, 2.05) is 30.3 Å². The monoisotopic (exact) mass is 422 g/mol. The highest BCUT2D eigenvalue weighted by Gasteiger charge is 2.31. The lowest BCUT2D eigenvalue weighted by Gasteiger charge is -2.25. The highest BCUT2D eigenvalue weighted by atomic mass is 16.6. The first-order valence-electron chi connectivity index (χ1n) is 9.93. The lowest BCUT2D eigenvalue weighted by Crippen LogP contribution is -2.47. The van der Waals surface area contributed by atoms with Crippen LogP contribution in [0.2, 0.25) is 0 Å². The van der Waals surface area contributed by atoms with Gasteiger partial charge >= 0.3 is 18.2 Å². The highest BCUT2D eigenvalue weighted by molar-refractivity contribution is 5.80. The lowest BCUT2D eigenvalue weighted by molar-refractivity contribution is -0.141. The van der Waals surface area contributed by atoms with Gasteiger partial charge in [-0.15, -0.1) is 0 Å². The number of carboxylic acid groups (broad SMARTS) is 1. The summed E-state index contributed by atoms with van der Waals surface area (Å²) in [4.78, 5) is 37.2. The topological polar surface area (TPSA) is 114 Å². The fourth-order valence-corrected chi connectivity index (χ4v) is 3.00. The van der Waals surface area contributed by atoms with Gasteiger partial charge in [0.1, 0.15) is 12.2 Å². The van der Waals surface area contributed by atoms with Crippen molar-refractivity contribution >= 4 is 18.2 Å². The molecule has 1 fully saturated rings. The second kappa shape index (κ2) is 10.8. The molecule has 1 aliphatic rings. The number of alkyl carbamates (subject to hydrolysis) is 1. The van der Waals surface area contributed by atoms with Gasteiger partial charge < -0.3 is 29.5 Å². The van der Waals surface area contributed by atoms with Crippen molar-refractivity contribution in [1.29, 1.82) is 0 Å². The number of hydrogen-bond donors (Lipinski definition) is 2. The van der Waals surface area contributed by atoms with E-state index in [1.165, 1.54) is 0 Å². The van der Waals surface area contributed by atoms with Crippen molar-refractivity contribution in [1.82, 2.24) is 10.2 Å². The first kappa shape index (κ1) is 23.5. The van der Waals surface area contributed by atoms with Crippen LogP contribution < -0.4 is 5.32 Å². The van der Waals surface area contributed by atoms with Gasteiger partial charge in [0, 0.05) is 6.54 Å². The van der Waals surface area contributed by atoms with E-state index in [0.29, 0.717) is 6.54 Å². The Morgan fingerprint density at radius 1 is 1.23 bits per heavy atom. The molecule has 1 heterocycles. The smallest absolute Gasteiger partial charge is 0.410 e. The minimum absolute atomic E-state index is 0.153. The first-order chi connectivity index (χ1) is 14.2. The second-order valence-corrected chi connectivity index (χ2v) is 8.10. The summed E-state index contributed by atoms with van der Waals surface area (Å²) in [7, 11) is 0. The summed E-state index contributed by atoms with van der Waals surface area (Å²) in [5.74, 6) is -1.23. The number of likely N-dealkylation sites (tertiary alicyclic amines) is 1. The van der Waals surface area contributed by atoms with Crippen LogP contribution in [0.4, 0.5) is 9.59 Å². The summed E-state index contributed by atoms with van der Waals surface area (Å²) >= 11 is 0. The molecule has 166 valence electrons. The molecule has 0 aliphatic carbocycles. The third-order valence-electron chi connectivity index (χ3n) is 4.40. The number of carbonyl (C=O) groups excluding carboxylic acids is 2. The van der Waals surface area contributed by atoms with E-state index < -0.39 is 29.8 Å². The minimum Gasteiger partial charge on any atom is -0.480 e. The van der Waals surface area contributed by atoms with Gasteiger partial charge in [0.2, 0.25) is 0 Å². The Balaban J connectivity index is 1.79. The Morgan fingerprint density at radius 2 is 1.93 bits per heavy atom. The molecule has 1 aromatic rings. The van der Waals surface area contributed by atoms with E-state index in [4.69, 9.17) is 14.2 Å². The summed E-state index contributed by atoms with van der Waals surface area (Å²) in [6, 6.07) is 7.94. The molecule has 0 saturated carbocycles. The first-order valence-corrected chi connectivity index (χ1v) is 9.93. The van der Waals surface area contributed by atoms with Crippen molar-refractivity contribution in [3.63, 3.8) is 0 Å². The molecular formula is C21H30N2O7. The van der Waals surface area contributed by atoms with E-state index in [-0.39, 0.29) is 25.9 Å². The largest absolute Gasteiger partial charge is 0.480 e. The zero-order chi connectivity index (χ0) is 22.1. The third kappa shape index (κ3) is 7.90. The maximum absolute atomic E-state index is 12.4. The molecule has 30 heavy (non-hydrogen) atoms. The highest BCUT2D eigenvalue weighted by Crippen LogP contribution is 2.19. The third-order valence-corrected chi connectivity index (χ3v) is 4.40. The van der Waals surface area contributed by atoms with Crippen LogP contribution in [0.15, 0.2) is 30.3 Å². The van der Waals surface area contributed by atoms with E-state index in [9.17, 15) is 19.5 Å². The summed E-state index contributed by atoms with van der Waals surface area (Å²) in [5, 5.41) is 11.6. The molecule has 1 aromatic carbocycles. The number of rotatable bonds is 8. The van der Waals surface area contributed by atoms with E-state index >= 15 is 0 Å². The second-order valence-electron chi connectivity index (χ2n) is 8.10. The van der Waals surface area contributed by atoms with Crippen molar-refractivity contribution in [2.75, 3.05) is 19.8 Å². The van der Waals surface area contributed by atoms with Gasteiger partial charge in [-0.05, 0) is 39.2 Å². The number of hydrogen-bond acceptors (Lipinski definition) is 6. The van der Waals surface area contributed by atoms with Crippen LogP contribution >= 0.6 is 0 Å². The normalized spacial score (nSPS) is 17.3. The number of ether oxygens (including phenoxy) is 3. The number of nitrogens with zero attached hydrogens (tertiary/aromatic N) is 1. The number of benzene rings is 1. The molecule has 0 aromatic heterocycles. The average Bonchev–Trinajstić information content (AvgIpc) is 3.13. The Labute approximate surface area is 176 Å². The van der Waals surface area contributed by atoms with E-state index in [1.54, 1.807) is 25.7 Å². The zero-order valence-electron chi connectivity index (χ0n) is 17.6. The van der Waals surface area contributed by atoms with E-state index in [2.05, 4.69) is 5.32 Å². The molecule has 2 rings (SSSR count). The maximum Gasteiger partial charge on any atom is 0.410 e. The predicted octanol–water partition coefficient (Wildman–Crippen LogP) is 2.78. The Kier molecular flexibility index (Phi) is 8.46. The number of aliphatic carboxylic acids is 1. The van der Waals surface area contributed by atoms with Gasteiger partial charge in [0.25, 0.3) is 0 Å². The molecule has 1 aliphatic heterocycles. The fourth-order valence-electron chi connectivity index (χ4n) is 3.00. The van der Waals surface area contributed by atoms with Crippen LogP contribution in [0.5, 0.6) is 0 Å². The minimum atomic E-state index is -1.25. The van der Waals surface area contributed by atoms with Gasteiger partial charge in [-0.25, -0.2) is 14.4 Å². The summed E-state index contributed by atoms with van der Waals surface area (Å²) in [6.07, 6.45) is 0.294. The average molecular weight is 422 g/mol. The quantitative estimate of drug-likeness (QED) is 0.662. The van der Waals surface area contributed by atoms with Crippen molar-refractivity contribution in [2.24, 2.45) is 0 Å². The van der Waals surface area contributed by atoms with Gasteiger partial charge in [0.15, 0.2) is 6.04 Å². The predicted molar refractivity (Wildman–Crippen MR) is 108 cm³/mol. The summed E-state index contributed by atoms with van der Waals surface area (Å²) < 4.78 is 16.0. The van der Waals surface area contributed by atoms with Crippen LogP contribution in [-0.4, -0.2) is 65.6 Å².